The quantitative estimate of drug-likeness (QED) is 0.625. The van der Waals surface area contributed by atoms with Crippen LogP contribution in [0.2, 0.25) is 0 Å². The number of carbonyl (C=O) groups is 1. The molecule has 0 atom stereocenters. The van der Waals surface area contributed by atoms with Gasteiger partial charge < -0.3 is 0 Å². The standard InChI is InChI=1S/C12H13NOS/c1-12(2,3)13-10(14)8-6-4-5-7-9(8)11(13)15/h4-7H,1-3H3. The predicted octanol–water partition coefficient (Wildman–Crippen LogP) is 2.62. The lowest BCUT2D eigenvalue weighted by Gasteiger charge is -2.31. The summed E-state index contributed by atoms with van der Waals surface area (Å²) in [5, 5.41) is 0. The number of rotatable bonds is 0. The number of thiocarbonyl (C=S) groups is 1. The Balaban J connectivity index is 2.55. The van der Waals surface area contributed by atoms with E-state index in [1.165, 1.54) is 0 Å². The van der Waals surface area contributed by atoms with E-state index in [1.807, 2.05) is 45.0 Å². The Morgan fingerprint density at radius 2 is 1.67 bits per heavy atom. The molecule has 0 aliphatic carbocycles. The van der Waals surface area contributed by atoms with Crippen molar-refractivity contribution in [3.63, 3.8) is 0 Å². The molecule has 1 heterocycles. The molecule has 0 bridgehead atoms. The average Bonchev–Trinajstić information content (AvgIpc) is 2.39. The molecule has 2 rings (SSSR count). The van der Waals surface area contributed by atoms with Gasteiger partial charge in [0, 0.05) is 11.1 Å². The largest absolute Gasteiger partial charge is 0.293 e. The van der Waals surface area contributed by atoms with Gasteiger partial charge >= 0.3 is 0 Å². The third-order valence-electron chi connectivity index (χ3n) is 2.46. The van der Waals surface area contributed by atoms with Crippen LogP contribution >= 0.6 is 12.2 Å². The third-order valence-corrected chi connectivity index (χ3v) is 2.87. The van der Waals surface area contributed by atoms with Gasteiger partial charge in [-0.3, -0.25) is 9.69 Å². The second-order valence-electron chi connectivity index (χ2n) is 4.66. The maximum atomic E-state index is 12.1. The first-order chi connectivity index (χ1) is 6.93. The minimum atomic E-state index is -0.257. The molecule has 0 saturated carbocycles. The van der Waals surface area contributed by atoms with Crippen molar-refractivity contribution in [2.75, 3.05) is 0 Å². The van der Waals surface area contributed by atoms with Crippen LogP contribution in [0.3, 0.4) is 0 Å². The van der Waals surface area contributed by atoms with Gasteiger partial charge in [0.1, 0.15) is 4.99 Å². The van der Waals surface area contributed by atoms with Crippen molar-refractivity contribution >= 4 is 23.1 Å². The minimum absolute atomic E-state index is 0.0168. The van der Waals surface area contributed by atoms with Crippen molar-refractivity contribution in [1.29, 1.82) is 0 Å². The Labute approximate surface area is 94.9 Å². The van der Waals surface area contributed by atoms with Crippen molar-refractivity contribution < 1.29 is 4.79 Å². The molecule has 3 heteroatoms. The monoisotopic (exact) mass is 219 g/mol. The van der Waals surface area contributed by atoms with Crippen LogP contribution in [0.1, 0.15) is 36.7 Å². The Kier molecular flexibility index (Phi) is 2.15. The maximum Gasteiger partial charge on any atom is 0.260 e. The molecule has 15 heavy (non-hydrogen) atoms. The number of nitrogens with zero attached hydrogens (tertiary/aromatic N) is 1. The highest BCUT2D eigenvalue weighted by Crippen LogP contribution is 2.29. The van der Waals surface area contributed by atoms with Gasteiger partial charge in [0.2, 0.25) is 0 Å². The summed E-state index contributed by atoms with van der Waals surface area (Å²) in [6.07, 6.45) is 0. The highest BCUT2D eigenvalue weighted by atomic mass is 32.1. The van der Waals surface area contributed by atoms with Crippen LogP contribution in [0, 0.1) is 0 Å². The van der Waals surface area contributed by atoms with Crippen molar-refractivity contribution in [2.24, 2.45) is 0 Å². The molecule has 2 nitrogen and oxygen atoms in total. The van der Waals surface area contributed by atoms with Gasteiger partial charge in [-0.2, -0.15) is 0 Å². The van der Waals surface area contributed by atoms with Gasteiger partial charge in [0.25, 0.3) is 5.91 Å². The van der Waals surface area contributed by atoms with Crippen LogP contribution in [0.4, 0.5) is 0 Å². The number of benzene rings is 1. The van der Waals surface area contributed by atoms with Gasteiger partial charge in [-0.1, -0.05) is 30.4 Å². The lowest BCUT2D eigenvalue weighted by atomic mass is 10.1. The first kappa shape index (κ1) is 10.3. The number of carbonyl (C=O) groups excluding carboxylic acids is 1. The highest BCUT2D eigenvalue weighted by Gasteiger charge is 2.38. The summed E-state index contributed by atoms with van der Waals surface area (Å²) in [6.45, 7) is 5.97. The van der Waals surface area contributed by atoms with Crippen molar-refractivity contribution in [3.05, 3.63) is 35.4 Å². The zero-order valence-corrected chi connectivity index (χ0v) is 9.89. The van der Waals surface area contributed by atoms with Crippen LogP contribution in [0.15, 0.2) is 24.3 Å². The van der Waals surface area contributed by atoms with Gasteiger partial charge in [-0.15, -0.1) is 0 Å². The van der Waals surface area contributed by atoms with Crippen molar-refractivity contribution in [3.8, 4) is 0 Å². The molecule has 0 fully saturated rings. The smallest absolute Gasteiger partial charge is 0.260 e. The van der Waals surface area contributed by atoms with Gasteiger partial charge in [-0.05, 0) is 26.8 Å². The lowest BCUT2D eigenvalue weighted by Crippen LogP contribution is -2.44. The average molecular weight is 219 g/mol. The van der Waals surface area contributed by atoms with E-state index in [1.54, 1.807) is 4.90 Å². The van der Waals surface area contributed by atoms with E-state index in [0.29, 0.717) is 4.99 Å². The van der Waals surface area contributed by atoms with Gasteiger partial charge in [0.15, 0.2) is 0 Å². The molecule has 0 aromatic heterocycles. The zero-order chi connectivity index (χ0) is 11.2. The lowest BCUT2D eigenvalue weighted by molar-refractivity contribution is 0.0770. The minimum Gasteiger partial charge on any atom is -0.293 e. The zero-order valence-electron chi connectivity index (χ0n) is 9.07. The molecule has 0 radical (unpaired) electrons. The Morgan fingerprint density at radius 3 is 2.13 bits per heavy atom. The van der Waals surface area contributed by atoms with E-state index in [2.05, 4.69) is 0 Å². The fourth-order valence-corrected chi connectivity index (χ4v) is 2.33. The number of hydrogen-bond donors (Lipinski definition) is 0. The third kappa shape index (κ3) is 1.47. The van der Waals surface area contributed by atoms with E-state index in [-0.39, 0.29) is 11.4 Å². The van der Waals surface area contributed by atoms with Gasteiger partial charge in [-0.25, -0.2) is 0 Å². The van der Waals surface area contributed by atoms with E-state index in [0.717, 1.165) is 11.1 Å². The Morgan fingerprint density at radius 1 is 1.13 bits per heavy atom. The molecule has 1 aliphatic rings. The molecule has 1 aliphatic heterocycles. The summed E-state index contributed by atoms with van der Waals surface area (Å²) in [5.74, 6) is 0.0168. The second-order valence-corrected chi connectivity index (χ2v) is 5.05. The molecule has 0 N–H and O–H groups in total. The first-order valence-corrected chi connectivity index (χ1v) is 5.31. The summed E-state index contributed by atoms with van der Waals surface area (Å²) in [4.78, 5) is 14.4. The van der Waals surface area contributed by atoms with E-state index in [9.17, 15) is 4.79 Å². The van der Waals surface area contributed by atoms with Gasteiger partial charge in [0.05, 0.1) is 5.56 Å². The van der Waals surface area contributed by atoms with Crippen molar-refractivity contribution in [2.45, 2.75) is 26.3 Å². The maximum absolute atomic E-state index is 12.1. The van der Waals surface area contributed by atoms with Crippen LogP contribution in [-0.2, 0) is 0 Å². The molecule has 1 aromatic rings. The normalized spacial score (nSPS) is 15.8. The summed E-state index contributed by atoms with van der Waals surface area (Å²) in [5.41, 5.74) is 1.34. The topological polar surface area (TPSA) is 20.3 Å². The van der Waals surface area contributed by atoms with Crippen LogP contribution in [0.5, 0.6) is 0 Å². The molecule has 1 amide bonds. The fourth-order valence-electron chi connectivity index (χ4n) is 1.80. The fraction of sp³-hybridized carbons (Fsp3) is 0.333. The summed E-state index contributed by atoms with van der Waals surface area (Å²) in [6, 6.07) is 7.51. The van der Waals surface area contributed by atoms with Crippen LogP contribution in [0.25, 0.3) is 0 Å². The molecule has 0 saturated heterocycles. The Hall–Kier alpha value is -1.22. The first-order valence-electron chi connectivity index (χ1n) is 4.91. The molecular formula is C12H13NOS. The highest BCUT2D eigenvalue weighted by molar-refractivity contribution is 7.80. The number of hydrogen-bond acceptors (Lipinski definition) is 2. The van der Waals surface area contributed by atoms with Crippen LogP contribution < -0.4 is 0 Å². The SMILES string of the molecule is CC(C)(C)N1C(=O)c2ccccc2C1=S. The number of amides is 1. The van der Waals surface area contributed by atoms with Crippen molar-refractivity contribution in [1.82, 2.24) is 4.90 Å². The van der Waals surface area contributed by atoms with E-state index in [4.69, 9.17) is 12.2 Å². The summed E-state index contributed by atoms with van der Waals surface area (Å²) >= 11 is 5.33. The molecule has 78 valence electrons. The van der Waals surface area contributed by atoms with Crippen LogP contribution in [-0.4, -0.2) is 21.3 Å². The predicted molar refractivity (Wildman–Crippen MR) is 64.1 cm³/mol. The van der Waals surface area contributed by atoms with E-state index >= 15 is 0 Å². The molecular weight excluding hydrogens is 206 g/mol. The second kappa shape index (κ2) is 3.14. The molecule has 0 spiro atoms. The Bertz CT molecular complexity index is 410. The summed E-state index contributed by atoms with van der Waals surface area (Å²) < 4.78 is 0. The number of fused-ring (bicyclic) bond motifs is 1. The van der Waals surface area contributed by atoms with E-state index < -0.39 is 0 Å². The molecule has 0 unspecified atom stereocenters. The molecule has 1 aromatic carbocycles. The summed E-state index contributed by atoms with van der Waals surface area (Å²) in [7, 11) is 0.